The van der Waals surface area contributed by atoms with E-state index >= 15 is 0 Å². The molecule has 3 rings (SSSR count). The van der Waals surface area contributed by atoms with Crippen LogP contribution < -0.4 is 10.2 Å². The van der Waals surface area contributed by atoms with E-state index in [1.807, 2.05) is 17.0 Å². The van der Waals surface area contributed by atoms with E-state index in [0.29, 0.717) is 5.56 Å². The molecule has 0 unspecified atom stereocenters. The van der Waals surface area contributed by atoms with Crippen molar-refractivity contribution in [3.8, 4) is 6.07 Å². The molecule has 2 aliphatic heterocycles. The topological polar surface area (TPSA) is 56.1 Å². The lowest BCUT2D eigenvalue weighted by molar-refractivity contribution is -0.126. The zero-order chi connectivity index (χ0) is 13.3. The van der Waals surface area contributed by atoms with Crippen LogP contribution in [0.5, 0.6) is 0 Å². The van der Waals surface area contributed by atoms with Gasteiger partial charge in [-0.05, 0) is 56.6 Å². The molecular formula is C15H17N3O. The summed E-state index contributed by atoms with van der Waals surface area (Å²) in [5.41, 5.74) is 1.41. The maximum absolute atomic E-state index is 12.7. The summed E-state index contributed by atoms with van der Waals surface area (Å²) < 4.78 is 0. The summed E-state index contributed by atoms with van der Waals surface area (Å²) in [5, 5.41) is 12.1. The SMILES string of the molecule is N#Cc1ccc(N2CCC3(CCNCC3)C2=O)cc1. The molecule has 1 aromatic rings. The molecule has 2 fully saturated rings. The molecular weight excluding hydrogens is 238 g/mol. The summed E-state index contributed by atoms with van der Waals surface area (Å²) in [6.07, 6.45) is 2.84. The Balaban J connectivity index is 1.83. The highest BCUT2D eigenvalue weighted by molar-refractivity contribution is 6.00. The van der Waals surface area contributed by atoms with Gasteiger partial charge in [0.1, 0.15) is 0 Å². The van der Waals surface area contributed by atoms with Crippen molar-refractivity contribution < 1.29 is 4.79 Å². The van der Waals surface area contributed by atoms with Crippen LogP contribution in [-0.2, 0) is 4.79 Å². The lowest BCUT2D eigenvalue weighted by Crippen LogP contribution is -2.42. The van der Waals surface area contributed by atoms with Crippen LogP contribution in [0.3, 0.4) is 0 Å². The molecule has 1 aromatic carbocycles. The molecule has 0 radical (unpaired) electrons. The van der Waals surface area contributed by atoms with Gasteiger partial charge in [0.25, 0.3) is 0 Å². The van der Waals surface area contributed by atoms with Gasteiger partial charge in [0.2, 0.25) is 5.91 Å². The zero-order valence-corrected chi connectivity index (χ0v) is 10.9. The van der Waals surface area contributed by atoms with Gasteiger partial charge >= 0.3 is 0 Å². The molecule has 1 N–H and O–H groups in total. The second-order valence-corrected chi connectivity index (χ2v) is 5.40. The maximum atomic E-state index is 12.7. The Morgan fingerprint density at radius 3 is 2.47 bits per heavy atom. The van der Waals surface area contributed by atoms with E-state index in [2.05, 4.69) is 11.4 Å². The van der Waals surface area contributed by atoms with Crippen LogP contribution in [0, 0.1) is 16.7 Å². The van der Waals surface area contributed by atoms with Crippen LogP contribution in [0.25, 0.3) is 0 Å². The summed E-state index contributed by atoms with van der Waals surface area (Å²) >= 11 is 0. The van der Waals surface area contributed by atoms with E-state index in [-0.39, 0.29) is 11.3 Å². The number of carbonyl (C=O) groups is 1. The molecule has 0 bridgehead atoms. The van der Waals surface area contributed by atoms with Gasteiger partial charge in [-0.1, -0.05) is 0 Å². The average Bonchev–Trinajstić information content (AvgIpc) is 2.77. The highest BCUT2D eigenvalue weighted by Gasteiger charge is 2.47. The minimum absolute atomic E-state index is 0.140. The fraction of sp³-hybridized carbons (Fsp3) is 0.467. The van der Waals surface area contributed by atoms with Crippen LogP contribution >= 0.6 is 0 Å². The summed E-state index contributed by atoms with van der Waals surface area (Å²) in [7, 11) is 0. The van der Waals surface area contributed by atoms with E-state index in [1.54, 1.807) is 12.1 Å². The number of rotatable bonds is 1. The molecule has 1 amide bonds. The maximum Gasteiger partial charge on any atom is 0.233 e. The summed E-state index contributed by atoms with van der Waals surface area (Å²) in [6, 6.07) is 9.39. The molecule has 0 saturated carbocycles. The molecule has 2 aliphatic rings. The first kappa shape index (κ1) is 12.2. The van der Waals surface area contributed by atoms with E-state index in [4.69, 9.17) is 5.26 Å². The zero-order valence-electron chi connectivity index (χ0n) is 10.9. The van der Waals surface area contributed by atoms with Crippen molar-refractivity contribution in [2.45, 2.75) is 19.3 Å². The van der Waals surface area contributed by atoms with Crippen molar-refractivity contribution in [3.05, 3.63) is 29.8 Å². The van der Waals surface area contributed by atoms with Gasteiger partial charge in [0.15, 0.2) is 0 Å². The molecule has 4 nitrogen and oxygen atoms in total. The van der Waals surface area contributed by atoms with Gasteiger partial charge in [-0.25, -0.2) is 0 Å². The Bertz CT molecular complexity index is 523. The summed E-state index contributed by atoms with van der Waals surface area (Å²) in [5.74, 6) is 0.263. The molecule has 2 saturated heterocycles. The first-order chi connectivity index (χ1) is 9.25. The number of anilines is 1. The Morgan fingerprint density at radius 1 is 1.16 bits per heavy atom. The summed E-state index contributed by atoms with van der Waals surface area (Å²) in [4.78, 5) is 14.6. The van der Waals surface area contributed by atoms with Gasteiger partial charge in [-0.2, -0.15) is 5.26 Å². The lowest BCUT2D eigenvalue weighted by atomic mass is 9.78. The molecule has 4 heteroatoms. The highest BCUT2D eigenvalue weighted by Crippen LogP contribution is 2.41. The monoisotopic (exact) mass is 255 g/mol. The molecule has 1 spiro atoms. The van der Waals surface area contributed by atoms with Crippen molar-refractivity contribution in [2.24, 2.45) is 5.41 Å². The first-order valence-electron chi connectivity index (χ1n) is 6.78. The van der Waals surface area contributed by atoms with Crippen molar-refractivity contribution >= 4 is 11.6 Å². The van der Waals surface area contributed by atoms with Crippen molar-refractivity contribution in [1.82, 2.24) is 5.32 Å². The Labute approximate surface area is 113 Å². The molecule has 2 heterocycles. The largest absolute Gasteiger partial charge is 0.317 e. The lowest BCUT2D eigenvalue weighted by Gasteiger charge is -2.32. The van der Waals surface area contributed by atoms with Crippen LogP contribution in [-0.4, -0.2) is 25.5 Å². The van der Waals surface area contributed by atoms with Crippen molar-refractivity contribution in [2.75, 3.05) is 24.5 Å². The van der Waals surface area contributed by atoms with E-state index in [1.165, 1.54) is 0 Å². The third-order valence-electron chi connectivity index (χ3n) is 4.38. The molecule has 98 valence electrons. The van der Waals surface area contributed by atoms with Gasteiger partial charge in [0.05, 0.1) is 17.0 Å². The fourth-order valence-corrected chi connectivity index (χ4v) is 3.15. The summed E-state index contributed by atoms with van der Waals surface area (Å²) in [6.45, 7) is 2.67. The fourth-order valence-electron chi connectivity index (χ4n) is 3.15. The number of benzene rings is 1. The van der Waals surface area contributed by atoms with Gasteiger partial charge < -0.3 is 10.2 Å². The van der Waals surface area contributed by atoms with E-state index in [0.717, 1.165) is 44.6 Å². The number of nitrogens with zero attached hydrogens (tertiary/aromatic N) is 2. The van der Waals surface area contributed by atoms with E-state index in [9.17, 15) is 4.79 Å². The van der Waals surface area contributed by atoms with Gasteiger partial charge in [-0.15, -0.1) is 0 Å². The number of nitriles is 1. The van der Waals surface area contributed by atoms with Crippen LogP contribution in [0.2, 0.25) is 0 Å². The van der Waals surface area contributed by atoms with Crippen LogP contribution in [0.4, 0.5) is 5.69 Å². The standard InChI is InChI=1S/C15H17N3O/c16-11-12-1-3-13(4-2-12)18-10-7-15(14(18)19)5-8-17-9-6-15/h1-4,17H,5-10H2. The van der Waals surface area contributed by atoms with Crippen molar-refractivity contribution in [3.63, 3.8) is 0 Å². The molecule has 0 aliphatic carbocycles. The Kier molecular flexibility index (Phi) is 3.00. The number of hydrogen-bond donors (Lipinski definition) is 1. The quantitative estimate of drug-likeness (QED) is 0.830. The molecule has 0 atom stereocenters. The van der Waals surface area contributed by atoms with Crippen LogP contribution in [0.1, 0.15) is 24.8 Å². The predicted molar refractivity (Wildman–Crippen MR) is 72.7 cm³/mol. The number of piperidine rings is 1. The Hall–Kier alpha value is -1.86. The minimum Gasteiger partial charge on any atom is -0.317 e. The van der Waals surface area contributed by atoms with E-state index < -0.39 is 0 Å². The number of nitrogens with one attached hydrogen (secondary N) is 1. The highest BCUT2D eigenvalue weighted by atomic mass is 16.2. The predicted octanol–water partition coefficient (Wildman–Crippen LogP) is 1.66. The first-order valence-corrected chi connectivity index (χ1v) is 6.78. The third-order valence-corrected chi connectivity index (χ3v) is 4.38. The van der Waals surface area contributed by atoms with Crippen molar-refractivity contribution in [1.29, 1.82) is 5.26 Å². The Morgan fingerprint density at radius 2 is 1.84 bits per heavy atom. The number of amides is 1. The van der Waals surface area contributed by atoms with Gasteiger partial charge in [0, 0.05) is 12.2 Å². The minimum atomic E-state index is -0.140. The molecule has 0 aromatic heterocycles. The second kappa shape index (κ2) is 4.67. The third kappa shape index (κ3) is 2.00. The smallest absolute Gasteiger partial charge is 0.233 e. The number of carbonyl (C=O) groups excluding carboxylic acids is 1. The average molecular weight is 255 g/mol. The number of hydrogen-bond acceptors (Lipinski definition) is 3. The molecule has 19 heavy (non-hydrogen) atoms. The van der Waals surface area contributed by atoms with Crippen LogP contribution in [0.15, 0.2) is 24.3 Å². The second-order valence-electron chi connectivity index (χ2n) is 5.40. The van der Waals surface area contributed by atoms with Gasteiger partial charge in [-0.3, -0.25) is 4.79 Å². The normalized spacial score (nSPS) is 21.6.